The number of amides is 2. The van der Waals surface area contributed by atoms with Crippen LogP contribution >= 0.6 is 11.6 Å². The van der Waals surface area contributed by atoms with E-state index >= 15 is 0 Å². The lowest BCUT2D eigenvalue weighted by atomic mass is 9.96. The van der Waals surface area contributed by atoms with Crippen LogP contribution in [0.25, 0.3) is 43.6 Å². The molecule has 2 N–H and O–H groups in total. The molecule has 1 aliphatic heterocycles. The number of hydrogen-bond donors (Lipinski definition) is 2. The largest absolute Gasteiger partial charge is 0.353 e. The molecule has 0 saturated carbocycles. The van der Waals surface area contributed by atoms with Gasteiger partial charge in [0.2, 0.25) is 0 Å². The van der Waals surface area contributed by atoms with Crippen LogP contribution in [0.5, 0.6) is 0 Å². The predicted octanol–water partition coefficient (Wildman–Crippen LogP) is 5.42. The predicted molar refractivity (Wildman–Crippen MR) is 123 cm³/mol. The summed E-state index contributed by atoms with van der Waals surface area (Å²) in [7, 11) is 0. The molecule has 2 aromatic heterocycles. The lowest BCUT2D eigenvalue weighted by Crippen LogP contribution is -2.20. The van der Waals surface area contributed by atoms with E-state index in [-0.39, 0.29) is 23.2 Å². The van der Waals surface area contributed by atoms with E-state index in [1.807, 2.05) is 48.5 Å². The van der Waals surface area contributed by atoms with Crippen molar-refractivity contribution in [3.05, 3.63) is 71.8 Å². The molecule has 150 valence electrons. The van der Waals surface area contributed by atoms with E-state index in [4.69, 9.17) is 11.6 Å². The normalized spacial score (nSPS) is 20.5. The van der Waals surface area contributed by atoms with E-state index in [2.05, 4.69) is 27.0 Å². The van der Waals surface area contributed by atoms with Crippen molar-refractivity contribution in [2.45, 2.75) is 17.8 Å². The second-order valence-electron chi connectivity index (χ2n) is 8.27. The van der Waals surface area contributed by atoms with Gasteiger partial charge in [-0.25, -0.2) is 0 Å². The molecule has 2 atom stereocenters. The van der Waals surface area contributed by atoms with E-state index in [1.54, 1.807) is 0 Å². The quantitative estimate of drug-likeness (QED) is 0.214. The molecule has 1 aliphatic carbocycles. The van der Waals surface area contributed by atoms with Gasteiger partial charge < -0.3 is 9.55 Å². The van der Waals surface area contributed by atoms with Gasteiger partial charge in [-0.3, -0.25) is 14.9 Å². The zero-order valence-electron chi connectivity index (χ0n) is 16.3. The number of para-hydroxylation sites is 2. The Hall–Kier alpha value is -3.57. The minimum Gasteiger partial charge on any atom is -0.353 e. The van der Waals surface area contributed by atoms with Crippen molar-refractivity contribution in [3.63, 3.8) is 0 Å². The molecule has 0 bridgehead atoms. The molecule has 7 rings (SSSR count). The molecule has 31 heavy (non-hydrogen) atoms. The molecule has 2 aliphatic rings. The number of benzene rings is 3. The van der Waals surface area contributed by atoms with Crippen molar-refractivity contribution in [1.82, 2.24) is 14.9 Å². The van der Waals surface area contributed by atoms with Gasteiger partial charge in [0.15, 0.2) is 0 Å². The molecule has 2 unspecified atom stereocenters. The van der Waals surface area contributed by atoms with Crippen LogP contribution in [0.4, 0.5) is 0 Å². The van der Waals surface area contributed by atoms with Crippen LogP contribution in [0.15, 0.2) is 60.7 Å². The van der Waals surface area contributed by atoms with E-state index in [9.17, 15) is 9.59 Å². The van der Waals surface area contributed by atoms with Gasteiger partial charge in [-0.1, -0.05) is 48.6 Å². The van der Waals surface area contributed by atoms with Gasteiger partial charge in [-0.15, -0.1) is 11.6 Å². The highest BCUT2D eigenvalue weighted by atomic mass is 35.5. The summed E-state index contributed by atoms with van der Waals surface area (Å²) in [4.78, 5) is 29.5. The number of rotatable bonds is 1. The summed E-state index contributed by atoms with van der Waals surface area (Å²) < 4.78 is 2.28. The molecule has 0 radical (unpaired) electrons. The Morgan fingerprint density at radius 3 is 2.35 bits per heavy atom. The van der Waals surface area contributed by atoms with E-state index in [0.29, 0.717) is 11.1 Å². The summed E-state index contributed by atoms with van der Waals surface area (Å²) in [5, 5.41) is 6.03. The zero-order valence-corrected chi connectivity index (χ0v) is 17.0. The summed E-state index contributed by atoms with van der Waals surface area (Å²) in [5.41, 5.74) is 4.72. The van der Waals surface area contributed by atoms with Crippen molar-refractivity contribution in [1.29, 1.82) is 0 Å². The number of hydrogen-bond acceptors (Lipinski definition) is 2. The number of carbonyl (C=O) groups is 2. The molecular formula is C25H16ClN3O2. The number of H-pyrrole nitrogens is 1. The van der Waals surface area contributed by atoms with Crippen molar-refractivity contribution >= 4 is 67.0 Å². The Labute approximate surface area is 181 Å². The maximum Gasteiger partial charge on any atom is 0.259 e. The van der Waals surface area contributed by atoms with Gasteiger partial charge in [0, 0.05) is 32.6 Å². The monoisotopic (exact) mass is 425 g/mol. The molecule has 3 heterocycles. The van der Waals surface area contributed by atoms with E-state index in [0.717, 1.165) is 50.0 Å². The fourth-order valence-corrected chi connectivity index (χ4v) is 5.71. The molecule has 6 heteroatoms. The summed E-state index contributed by atoms with van der Waals surface area (Å²) in [6.45, 7) is 0. The van der Waals surface area contributed by atoms with Crippen LogP contribution in [0.1, 0.15) is 33.2 Å². The number of nitrogens with zero attached hydrogens (tertiary/aromatic N) is 1. The Morgan fingerprint density at radius 1 is 0.871 bits per heavy atom. The summed E-state index contributed by atoms with van der Waals surface area (Å²) in [5.74, 6) is -0.674. The maximum atomic E-state index is 13.0. The molecule has 0 fully saturated rings. The molecule has 0 saturated heterocycles. The third-order valence-electron chi connectivity index (χ3n) is 6.63. The SMILES string of the molecule is O=C1NC(=O)c2c1c1c3ccccc3[nH]c1c1c2c2ccccc2n1C1C=CC(Cl)C1. The van der Waals surface area contributed by atoms with Crippen LogP contribution < -0.4 is 5.32 Å². The summed E-state index contributed by atoms with van der Waals surface area (Å²) in [6.07, 6.45) is 4.94. The maximum absolute atomic E-state index is 13.0. The van der Waals surface area contributed by atoms with Crippen molar-refractivity contribution in [3.8, 4) is 0 Å². The number of nitrogens with one attached hydrogen (secondary N) is 2. The first-order chi connectivity index (χ1) is 15.1. The summed E-state index contributed by atoms with van der Waals surface area (Å²) in [6, 6.07) is 16.0. The van der Waals surface area contributed by atoms with E-state index in [1.165, 1.54) is 0 Å². The number of carbonyl (C=O) groups excluding carboxylic acids is 2. The highest BCUT2D eigenvalue weighted by Gasteiger charge is 2.36. The second kappa shape index (κ2) is 5.77. The van der Waals surface area contributed by atoms with Crippen LogP contribution in [0.3, 0.4) is 0 Å². The Kier molecular flexibility index (Phi) is 3.19. The third kappa shape index (κ3) is 2.06. The van der Waals surface area contributed by atoms with Crippen molar-refractivity contribution < 1.29 is 9.59 Å². The smallest absolute Gasteiger partial charge is 0.259 e. The number of halogens is 1. The highest BCUT2D eigenvalue weighted by Crippen LogP contribution is 2.45. The Balaban J connectivity index is 1.81. The van der Waals surface area contributed by atoms with Gasteiger partial charge >= 0.3 is 0 Å². The molecular weight excluding hydrogens is 410 g/mol. The first-order valence-electron chi connectivity index (χ1n) is 10.3. The number of aromatic nitrogens is 2. The third-order valence-corrected chi connectivity index (χ3v) is 6.95. The van der Waals surface area contributed by atoms with Gasteiger partial charge in [-0.2, -0.15) is 0 Å². The number of imide groups is 1. The average Bonchev–Trinajstić information content (AvgIpc) is 3.50. The lowest BCUT2D eigenvalue weighted by Gasteiger charge is -2.16. The van der Waals surface area contributed by atoms with Gasteiger partial charge in [0.05, 0.1) is 33.6 Å². The first-order valence-corrected chi connectivity index (χ1v) is 10.7. The van der Waals surface area contributed by atoms with E-state index < -0.39 is 0 Å². The Morgan fingerprint density at radius 2 is 1.58 bits per heavy atom. The number of aromatic amines is 1. The number of alkyl halides is 1. The van der Waals surface area contributed by atoms with Crippen LogP contribution in [0.2, 0.25) is 0 Å². The van der Waals surface area contributed by atoms with Crippen LogP contribution in [-0.2, 0) is 0 Å². The lowest BCUT2D eigenvalue weighted by molar-refractivity contribution is 0.0880. The molecule has 5 nitrogen and oxygen atoms in total. The Bertz CT molecular complexity index is 1660. The van der Waals surface area contributed by atoms with Crippen LogP contribution in [-0.4, -0.2) is 26.7 Å². The molecule has 0 spiro atoms. The second-order valence-corrected chi connectivity index (χ2v) is 8.83. The number of allylic oxidation sites excluding steroid dienone is 2. The number of fused-ring (bicyclic) bond motifs is 10. The van der Waals surface area contributed by atoms with Gasteiger partial charge in [-0.05, 0) is 18.6 Å². The fourth-order valence-electron chi connectivity index (χ4n) is 5.45. The standard InChI is InChI=1S/C25H16ClN3O2/c26-12-9-10-13(11-12)29-17-8-4-2-6-15(17)19-21-20(24(30)28-25(21)31)18-14-5-1-3-7-16(14)27-22(18)23(19)29/h1-10,12-13,27H,11H2,(H,28,30,31). The zero-order chi connectivity index (χ0) is 20.9. The van der Waals surface area contributed by atoms with Gasteiger partial charge in [0.1, 0.15) is 0 Å². The summed E-state index contributed by atoms with van der Waals surface area (Å²) >= 11 is 6.43. The van der Waals surface area contributed by atoms with Gasteiger partial charge in [0.25, 0.3) is 11.8 Å². The topological polar surface area (TPSA) is 66.9 Å². The molecule has 3 aromatic carbocycles. The highest BCUT2D eigenvalue weighted by molar-refractivity contribution is 6.39. The minimum atomic E-state index is -0.338. The average molecular weight is 426 g/mol. The van der Waals surface area contributed by atoms with Crippen molar-refractivity contribution in [2.24, 2.45) is 0 Å². The fraction of sp³-hybridized carbons (Fsp3) is 0.120. The minimum absolute atomic E-state index is 0.0290. The molecule has 5 aromatic rings. The van der Waals surface area contributed by atoms with Crippen LogP contribution in [0, 0.1) is 0 Å². The van der Waals surface area contributed by atoms with Crippen molar-refractivity contribution in [2.75, 3.05) is 0 Å². The molecule has 2 amide bonds. The first kappa shape index (κ1) is 17.1.